The minimum absolute atomic E-state index is 0.221. The minimum Gasteiger partial charge on any atom is -0.378 e. The Kier molecular flexibility index (Phi) is 5.16. The van der Waals surface area contributed by atoms with Gasteiger partial charge in [-0.1, -0.05) is 17.3 Å². The minimum atomic E-state index is -0.322. The predicted molar refractivity (Wildman–Crippen MR) is 104 cm³/mol. The molecule has 1 saturated heterocycles. The highest BCUT2D eigenvalue weighted by Gasteiger charge is 2.17. The smallest absolute Gasteiger partial charge is 0.276 e. The van der Waals surface area contributed by atoms with Crippen LogP contribution in [0.4, 0.5) is 23.0 Å². The highest BCUT2D eigenvalue weighted by molar-refractivity contribution is 6.04. The average molecular weight is 380 g/mol. The van der Waals surface area contributed by atoms with Crippen molar-refractivity contribution in [2.45, 2.75) is 6.92 Å². The van der Waals surface area contributed by atoms with Gasteiger partial charge >= 0.3 is 0 Å². The number of amides is 1. The molecule has 0 spiro atoms. The van der Waals surface area contributed by atoms with E-state index in [-0.39, 0.29) is 11.6 Å². The number of anilines is 4. The fraction of sp³-hybridized carbons (Fsp3) is 0.263. The van der Waals surface area contributed by atoms with Crippen LogP contribution in [-0.4, -0.2) is 47.6 Å². The molecule has 3 aromatic rings. The highest BCUT2D eigenvalue weighted by Crippen LogP contribution is 2.26. The molecule has 1 aliphatic rings. The van der Waals surface area contributed by atoms with Crippen LogP contribution < -0.4 is 15.5 Å². The maximum Gasteiger partial charge on any atom is 0.276 e. The van der Waals surface area contributed by atoms with Crippen LogP contribution in [0.1, 0.15) is 16.2 Å². The third-order valence-corrected chi connectivity index (χ3v) is 4.29. The molecule has 0 radical (unpaired) electrons. The zero-order valence-electron chi connectivity index (χ0n) is 15.4. The SMILES string of the molecule is Cc1cc(Nc2ccc(C(=O)Nc3ccccc3N3CCOCC3)nn2)no1. The van der Waals surface area contributed by atoms with Gasteiger partial charge in [0.25, 0.3) is 5.91 Å². The number of ether oxygens (including phenoxy) is 1. The van der Waals surface area contributed by atoms with Gasteiger partial charge in [0.05, 0.1) is 24.6 Å². The normalized spacial score (nSPS) is 14.0. The Morgan fingerprint density at radius 3 is 2.61 bits per heavy atom. The first-order chi connectivity index (χ1) is 13.7. The van der Waals surface area contributed by atoms with Crippen LogP contribution >= 0.6 is 0 Å². The van der Waals surface area contributed by atoms with Gasteiger partial charge in [-0.25, -0.2) is 0 Å². The van der Waals surface area contributed by atoms with Gasteiger partial charge in [0.2, 0.25) is 0 Å². The number of hydrogen-bond acceptors (Lipinski definition) is 8. The van der Waals surface area contributed by atoms with Gasteiger partial charge in [0.15, 0.2) is 17.3 Å². The zero-order chi connectivity index (χ0) is 19.3. The van der Waals surface area contributed by atoms with Crippen molar-refractivity contribution in [1.82, 2.24) is 15.4 Å². The van der Waals surface area contributed by atoms with E-state index in [9.17, 15) is 4.79 Å². The summed E-state index contributed by atoms with van der Waals surface area (Å²) in [6.07, 6.45) is 0. The number of benzene rings is 1. The molecule has 28 heavy (non-hydrogen) atoms. The highest BCUT2D eigenvalue weighted by atomic mass is 16.5. The van der Waals surface area contributed by atoms with E-state index in [1.54, 1.807) is 25.1 Å². The Bertz CT molecular complexity index is 950. The summed E-state index contributed by atoms with van der Waals surface area (Å²) in [5.74, 6) is 1.37. The van der Waals surface area contributed by atoms with E-state index in [1.165, 1.54) is 0 Å². The van der Waals surface area contributed by atoms with Gasteiger partial charge in [-0.3, -0.25) is 4.79 Å². The number of para-hydroxylation sites is 2. The largest absolute Gasteiger partial charge is 0.378 e. The van der Waals surface area contributed by atoms with Crippen molar-refractivity contribution in [2.75, 3.05) is 41.8 Å². The molecule has 0 bridgehead atoms. The molecule has 144 valence electrons. The molecule has 0 aliphatic carbocycles. The quantitative estimate of drug-likeness (QED) is 0.696. The third kappa shape index (κ3) is 4.09. The van der Waals surface area contributed by atoms with E-state index in [1.807, 2.05) is 24.3 Å². The third-order valence-electron chi connectivity index (χ3n) is 4.29. The molecule has 4 rings (SSSR count). The molecule has 9 heteroatoms. The molecular weight excluding hydrogens is 360 g/mol. The molecular formula is C19H20N6O3. The molecule has 0 unspecified atom stereocenters. The number of morpholine rings is 1. The summed E-state index contributed by atoms with van der Waals surface area (Å²) < 4.78 is 10.4. The number of rotatable bonds is 5. The predicted octanol–water partition coefficient (Wildman–Crippen LogP) is 2.61. The van der Waals surface area contributed by atoms with Gasteiger partial charge in [-0.2, -0.15) is 0 Å². The van der Waals surface area contributed by atoms with Crippen LogP contribution in [0.2, 0.25) is 0 Å². The molecule has 0 saturated carbocycles. The molecule has 2 N–H and O–H groups in total. The molecule has 1 fully saturated rings. The molecule has 0 atom stereocenters. The lowest BCUT2D eigenvalue weighted by molar-refractivity contribution is 0.102. The number of aromatic nitrogens is 3. The van der Waals surface area contributed by atoms with E-state index in [4.69, 9.17) is 9.26 Å². The Labute approximate surface area is 161 Å². The van der Waals surface area contributed by atoms with Gasteiger partial charge in [-0.15, -0.1) is 10.2 Å². The fourth-order valence-corrected chi connectivity index (χ4v) is 2.92. The van der Waals surface area contributed by atoms with Crippen LogP contribution in [0.3, 0.4) is 0 Å². The van der Waals surface area contributed by atoms with Gasteiger partial charge < -0.3 is 24.8 Å². The van der Waals surface area contributed by atoms with Crippen molar-refractivity contribution < 1.29 is 14.1 Å². The van der Waals surface area contributed by atoms with Crippen LogP contribution in [0.15, 0.2) is 47.0 Å². The van der Waals surface area contributed by atoms with E-state index in [2.05, 4.69) is 30.9 Å². The second-order valence-electron chi connectivity index (χ2n) is 6.32. The van der Waals surface area contributed by atoms with Crippen molar-refractivity contribution in [3.63, 3.8) is 0 Å². The summed E-state index contributed by atoms with van der Waals surface area (Å²) in [4.78, 5) is 14.8. The summed E-state index contributed by atoms with van der Waals surface area (Å²) >= 11 is 0. The maximum absolute atomic E-state index is 12.6. The van der Waals surface area contributed by atoms with E-state index >= 15 is 0 Å². The lowest BCUT2D eigenvalue weighted by Gasteiger charge is -2.30. The maximum atomic E-state index is 12.6. The first-order valence-corrected chi connectivity index (χ1v) is 8.96. The lowest BCUT2D eigenvalue weighted by atomic mass is 10.2. The second-order valence-corrected chi connectivity index (χ2v) is 6.32. The van der Waals surface area contributed by atoms with Crippen LogP contribution in [0.5, 0.6) is 0 Å². The van der Waals surface area contributed by atoms with Crippen LogP contribution in [-0.2, 0) is 4.74 Å². The molecule has 9 nitrogen and oxygen atoms in total. The van der Waals surface area contributed by atoms with Crippen LogP contribution in [0.25, 0.3) is 0 Å². The Balaban J connectivity index is 1.45. The first-order valence-electron chi connectivity index (χ1n) is 8.96. The van der Waals surface area contributed by atoms with Crippen molar-refractivity contribution in [3.8, 4) is 0 Å². The molecule has 3 heterocycles. The molecule has 1 amide bonds. The summed E-state index contributed by atoms with van der Waals surface area (Å²) in [6, 6.07) is 12.7. The van der Waals surface area contributed by atoms with Crippen molar-refractivity contribution in [1.29, 1.82) is 0 Å². The Hall–Kier alpha value is -3.46. The summed E-state index contributed by atoms with van der Waals surface area (Å²) in [5, 5.41) is 17.8. The second kappa shape index (κ2) is 8.05. The summed E-state index contributed by atoms with van der Waals surface area (Å²) in [7, 11) is 0. The molecule has 1 aliphatic heterocycles. The number of nitrogens with one attached hydrogen (secondary N) is 2. The Morgan fingerprint density at radius 2 is 1.89 bits per heavy atom. The number of carbonyl (C=O) groups excluding carboxylic acids is 1. The van der Waals surface area contributed by atoms with E-state index in [0.29, 0.717) is 30.6 Å². The number of carbonyl (C=O) groups is 1. The van der Waals surface area contributed by atoms with Crippen molar-refractivity contribution in [2.24, 2.45) is 0 Å². The van der Waals surface area contributed by atoms with Gasteiger partial charge in [-0.05, 0) is 31.2 Å². The first kappa shape index (κ1) is 17.9. The summed E-state index contributed by atoms with van der Waals surface area (Å²) in [6.45, 7) is 4.72. The van der Waals surface area contributed by atoms with Crippen molar-refractivity contribution >= 4 is 28.9 Å². The Morgan fingerprint density at radius 1 is 1.07 bits per heavy atom. The van der Waals surface area contributed by atoms with Crippen LogP contribution in [0, 0.1) is 6.92 Å². The average Bonchev–Trinajstić information content (AvgIpc) is 3.14. The summed E-state index contributed by atoms with van der Waals surface area (Å²) in [5.41, 5.74) is 1.92. The topological polar surface area (TPSA) is 105 Å². The standard InChI is InChI=1S/C19H20N6O3/c1-13-12-18(24-28-13)21-17-7-6-15(22-23-17)19(26)20-14-4-2-3-5-16(14)25-8-10-27-11-9-25/h2-7,12H,8-11H2,1H3,(H,20,26)(H,21,23,24). The fourth-order valence-electron chi connectivity index (χ4n) is 2.92. The lowest BCUT2D eigenvalue weighted by Crippen LogP contribution is -2.36. The van der Waals surface area contributed by atoms with E-state index in [0.717, 1.165) is 24.5 Å². The van der Waals surface area contributed by atoms with Crippen molar-refractivity contribution in [3.05, 3.63) is 53.9 Å². The number of aryl methyl sites for hydroxylation is 1. The van der Waals surface area contributed by atoms with Gasteiger partial charge in [0, 0.05) is 19.2 Å². The molecule has 2 aromatic heterocycles. The van der Waals surface area contributed by atoms with E-state index < -0.39 is 0 Å². The number of hydrogen-bond donors (Lipinski definition) is 2. The molecule has 1 aromatic carbocycles. The van der Waals surface area contributed by atoms with Gasteiger partial charge in [0.1, 0.15) is 5.76 Å². The monoisotopic (exact) mass is 380 g/mol. The zero-order valence-corrected chi connectivity index (χ0v) is 15.4. The number of nitrogens with zero attached hydrogens (tertiary/aromatic N) is 4.